The van der Waals surface area contributed by atoms with E-state index in [1.54, 1.807) is 12.1 Å². The molecular weight excluding hydrogens is 1310 g/mol. The molecule has 6 rings (SSSR count). The topological polar surface area (TPSA) is 139 Å². The number of carbonyl (C=O) groups excluding carboxylic acids is 3. The summed E-state index contributed by atoms with van der Waals surface area (Å²) in [5.41, 5.74) is -2.51. The number of nitrogens with one attached hydrogen (secondary N) is 2. The van der Waals surface area contributed by atoms with Gasteiger partial charge >= 0.3 is 21.3 Å². The molecule has 0 radical (unpaired) electrons. The molecule has 46 heavy (non-hydrogen) atoms. The molecular formula is C28H24F2I6N2O7S. The second-order valence-electron chi connectivity index (χ2n) is 12.3. The fraction of sp³-hybridized carbons (Fsp3) is 0.464. The third kappa shape index (κ3) is 7.33. The zero-order valence-corrected chi connectivity index (χ0v) is 37.3. The highest BCUT2D eigenvalue weighted by Gasteiger charge is 2.68. The molecule has 2 aromatic rings. The van der Waals surface area contributed by atoms with E-state index in [9.17, 15) is 31.6 Å². The van der Waals surface area contributed by atoms with E-state index in [1.165, 1.54) is 0 Å². The number of benzene rings is 2. The summed E-state index contributed by atoms with van der Waals surface area (Å²) in [5.74, 6) is -1.96. The van der Waals surface area contributed by atoms with Gasteiger partial charge in [0.25, 0.3) is 11.8 Å². The van der Waals surface area contributed by atoms with E-state index in [4.69, 9.17) is 9.29 Å². The minimum atomic E-state index is -5.87. The van der Waals surface area contributed by atoms with Crippen LogP contribution in [0.1, 0.15) is 66.2 Å². The molecule has 0 aliphatic heterocycles. The van der Waals surface area contributed by atoms with Crippen molar-refractivity contribution in [1.82, 2.24) is 10.6 Å². The average molecular weight is 1330 g/mol. The number of alkyl halides is 2. The molecule has 3 unspecified atom stereocenters. The van der Waals surface area contributed by atoms with E-state index in [0.717, 1.165) is 21.4 Å². The van der Waals surface area contributed by atoms with Crippen molar-refractivity contribution in [3.63, 3.8) is 0 Å². The van der Waals surface area contributed by atoms with Gasteiger partial charge in [-0.2, -0.15) is 17.2 Å². The first-order valence-electron chi connectivity index (χ1n) is 13.6. The molecule has 4 bridgehead atoms. The number of esters is 1. The molecule has 0 spiro atoms. The molecule has 0 heterocycles. The first-order valence-corrected chi connectivity index (χ1v) is 21.5. The van der Waals surface area contributed by atoms with Crippen LogP contribution in [0.5, 0.6) is 0 Å². The molecule has 4 saturated carbocycles. The van der Waals surface area contributed by atoms with Gasteiger partial charge in [0.05, 0.1) is 16.5 Å². The van der Waals surface area contributed by atoms with E-state index < -0.39 is 43.9 Å². The maximum Gasteiger partial charge on any atom is 0.405 e. The van der Waals surface area contributed by atoms with Crippen molar-refractivity contribution in [2.45, 2.75) is 67.9 Å². The van der Waals surface area contributed by atoms with Gasteiger partial charge < -0.3 is 15.4 Å². The monoisotopic (exact) mass is 1330 g/mol. The van der Waals surface area contributed by atoms with Crippen LogP contribution in [-0.4, -0.2) is 53.2 Å². The highest BCUT2D eigenvalue weighted by Crippen LogP contribution is 2.64. The molecule has 4 aliphatic rings. The maximum atomic E-state index is 14.5. The quantitative estimate of drug-likeness (QED) is 0.109. The van der Waals surface area contributed by atoms with E-state index in [-0.39, 0.29) is 37.0 Å². The van der Waals surface area contributed by atoms with Crippen molar-refractivity contribution < 1.29 is 40.9 Å². The van der Waals surface area contributed by atoms with Gasteiger partial charge in [0.1, 0.15) is 0 Å². The fourth-order valence-electron chi connectivity index (χ4n) is 7.57. The van der Waals surface area contributed by atoms with Gasteiger partial charge in [-0.3, -0.25) is 18.9 Å². The smallest absolute Gasteiger partial charge is 0.405 e. The summed E-state index contributed by atoms with van der Waals surface area (Å²) in [6.07, 6.45) is -0.823. The van der Waals surface area contributed by atoms with Crippen LogP contribution in [0.4, 0.5) is 8.78 Å². The molecule has 250 valence electrons. The molecule has 2 aromatic carbocycles. The Bertz CT molecular complexity index is 1690. The van der Waals surface area contributed by atoms with Gasteiger partial charge in [0.15, 0.2) is 6.10 Å². The van der Waals surface area contributed by atoms with E-state index in [2.05, 4.69) is 146 Å². The fourth-order valence-corrected chi connectivity index (χ4v) is 12.8. The first kappa shape index (κ1) is 38.2. The number of hydrogen-bond donors (Lipinski definition) is 3. The SMILES string of the molecule is CC(OC(=O)C12CC3CC(NC(=O)c4cc(I)cc(I)c4I)(CC(NC(=O)c4cc(I)cc(I)c4I)(C3)C1)C2)C(F)(F)S(=O)(=O)O. The molecule has 9 nitrogen and oxygen atoms in total. The predicted octanol–water partition coefficient (Wildman–Crippen LogP) is 7.35. The molecule has 4 aliphatic carbocycles. The summed E-state index contributed by atoms with van der Waals surface area (Å²) in [6.45, 7) is 0.711. The van der Waals surface area contributed by atoms with Crippen LogP contribution in [0.25, 0.3) is 0 Å². The number of amides is 2. The summed E-state index contributed by atoms with van der Waals surface area (Å²) < 4.78 is 71.1. The van der Waals surface area contributed by atoms with Crippen molar-refractivity contribution in [2.24, 2.45) is 11.3 Å². The van der Waals surface area contributed by atoms with Crippen LogP contribution >= 0.6 is 136 Å². The number of ether oxygens (including phenoxy) is 1. The number of halogens is 8. The van der Waals surface area contributed by atoms with Crippen LogP contribution in [-0.2, 0) is 19.6 Å². The number of rotatable bonds is 8. The lowest BCUT2D eigenvalue weighted by Gasteiger charge is -2.65. The Morgan fingerprint density at radius 3 is 1.70 bits per heavy atom. The van der Waals surface area contributed by atoms with Crippen molar-refractivity contribution in [1.29, 1.82) is 0 Å². The highest BCUT2D eigenvalue weighted by molar-refractivity contribution is 14.1. The highest BCUT2D eigenvalue weighted by atomic mass is 127. The van der Waals surface area contributed by atoms with Gasteiger partial charge in [-0.15, -0.1) is 0 Å². The first-order chi connectivity index (χ1) is 21.1. The lowest BCUT2D eigenvalue weighted by Crippen LogP contribution is -2.74. The Labute approximate surface area is 346 Å². The Hall–Kier alpha value is 1.00. The third-order valence-corrected chi connectivity index (χ3v) is 17.2. The molecule has 3 N–H and O–H groups in total. The van der Waals surface area contributed by atoms with Gasteiger partial charge in [-0.1, -0.05) is 0 Å². The van der Waals surface area contributed by atoms with Crippen LogP contribution in [0.2, 0.25) is 0 Å². The second kappa shape index (κ2) is 13.5. The van der Waals surface area contributed by atoms with Gasteiger partial charge in [-0.05, 0) is 211 Å². The Morgan fingerprint density at radius 2 is 1.28 bits per heavy atom. The van der Waals surface area contributed by atoms with Crippen molar-refractivity contribution in [2.75, 3.05) is 0 Å². The lowest BCUT2D eigenvalue weighted by atomic mass is 9.44. The van der Waals surface area contributed by atoms with Crippen molar-refractivity contribution in [3.05, 3.63) is 56.8 Å². The maximum absolute atomic E-state index is 14.5. The average Bonchev–Trinajstić information content (AvgIpc) is 2.90. The Kier molecular flexibility index (Phi) is 11.2. The van der Waals surface area contributed by atoms with Crippen molar-refractivity contribution in [3.8, 4) is 0 Å². The summed E-state index contributed by atoms with van der Waals surface area (Å²) in [6, 6.07) is 7.41. The summed E-state index contributed by atoms with van der Waals surface area (Å²) in [5, 5.41) is 1.65. The summed E-state index contributed by atoms with van der Waals surface area (Å²) in [7, 11) is -5.87. The minimum Gasteiger partial charge on any atom is -0.454 e. The largest absolute Gasteiger partial charge is 0.454 e. The number of hydrogen-bond acceptors (Lipinski definition) is 6. The molecule has 2 amide bonds. The molecule has 3 atom stereocenters. The summed E-state index contributed by atoms with van der Waals surface area (Å²) >= 11 is 12.8. The van der Waals surface area contributed by atoms with E-state index in [0.29, 0.717) is 37.3 Å². The standard InChI is InChI=1S/C28H24F2I6N2O7S/c1-12(28(29,30)46(42,43)44)45-24(41)25-6-13-7-26(9-25,37-22(39)16-2-14(31)4-18(33)20(16)35)11-27(8-13,10-25)38-23(40)17-3-15(32)5-19(34)21(17)36/h2-5,12-13H,6-11H2,1H3,(H,37,39)(H,38,40)(H,42,43,44). The van der Waals surface area contributed by atoms with Crippen molar-refractivity contribution >= 4 is 163 Å². The predicted molar refractivity (Wildman–Crippen MR) is 215 cm³/mol. The molecule has 0 aromatic heterocycles. The number of carbonyl (C=O) groups is 3. The van der Waals surface area contributed by atoms with Crippen LogP contribution in [0.3, 0.4) is 0 Å². The second-order valence-corrected chi connectivity index (χ2v) is 20.8. The summed E-state index contributed by atoms with van der Waals surface area (Å²) in [4.78, 5) is 41.7. The Morgan fingerprint density at radius 1 is 0.848 bits per heavy atom. The minimum absolute atomic E-state index is 0.0547. The van der Waals surface area contributed by atoms with Gasteiger partial charge in [0, 0.05) is 32.5 Å². The van der Waals surface area contributed by atoms with Crippen LogP contribution in [0, 0.1) is 32.8 Å². The Balaban J connectivity index is 1.54. The normalized spacial score (nSPS) is 27.7. The zero-order chi connectivity index (χ0) is 34.2. The molecule has 4 fully saturated rings. The van der Waals surface area contributed by atoms with Crippen LogP contribution < -0.4 is 10.6 Å². The molecule has 0 saturated heterocycles. The van der Waals surface area contributed by atoms with Gasteiger partial charge in [0.2, 0.25) is 0 Å². The van der Waals surface area contributed by atoms with Gasteiger partial charge in [-0.25, -0.2) is 0 Å². The van der Waals surface area contributed by atoms with E-state index >= 15 is 0 Å². The third-order valence-electron chi connectivity index (χ3n) is 8.84. The van der Waals surface area contributed by atoms with E-state index in [1.807, 2.05) is 12.1 Å². The zero-order valence-electron chi connectivity index (χ0n) is 23.5. The molecule has 18 heteroatoms. The van der Waals surface area contributed by atoms with Crippen LogP contribution in [0.15, 0.2) is 24.3 Å². The lowest BCUT2D eigenvalue weighted by molar-refractivity contribution is -0.191.